The minimum absolute atomic E-state index is 0.225. The van der Waals surface area contributed by atoms with Gasteiger partial charge in [0, 0.05) is 23.9 Å². The topological polar surface area (TPSA) is 75.7 Å². The maximum atomic E-state index is 12.6. The fraction of sp³-hybridized carbons (Fsp3) is 0.167. The van der Waals surface area contributed by atoms with Gasteiger partial charge in [-0.15, -0.1) is 0 Å². The van der Waals surface area contributed by atoms with Gasteiger partial charge in [-0.05, 0) is 30.3 Å². The predicted octanol–water partition coefficient (Wildman–Crippen LogP) is 1.87. The molecule has 0 bridgehead atoms. The van der Waals surface area contributed by atoms with Gasteiger partial charge in [0.15, 0.2) is 0 Å². The fourth-order valence-corrected chi connectivity index (χ4v) is 2.08. The average Bonchev–Trinajstić information content (AvgIpc) is 2.65. The number of amides is 2. The Bertz CT molecular complexity index is 744. The van der Waals surface area contributed by atoms with Crippen molar-refractivity contribution < 1.29 is 19.1 Å². The van der Waals surface area contributed by atoms with E-state index in [-0.39, 0.29) is 12.5 Å². The van der Waals surface area contributed by atoms with E-state index in [4.69, 9.17) is 0 Å². The van der Waals surface area contributed by atoms with Crippen molar-refractivity contribution >= 4 is 23.5 Å². The van der Waals surface area contributed by atoms with E-state index >= 15 is 0 Å². The molecule has 2 aromatic carbocycles. The molecule has 0 aliphatic carbocycles. The number of carbonyl (C=O) groups excluding carboxylic acids is 3. The number of esters is 1. The summed E-state index contributed by atoms with van der Waals surface area (Å²) in [6, 6.07) is 15.5. The van der Waals surface area contributed by atoms with Gasteiger partial charge in [-0.2, -0.15) is 0 Å². The van der Waals surface area contributed by atoms with Crippen LogP contribution in [0.1, 0.15) is 20.7 Å². The summed E-state index contributed by atoms with van der Waals surface area (Å²) in [5.41, 5.74) is 1.43. The zero-order valence-electron chi connectivity index (χ0n) is 13.5. The van der Waals surface area contributed by atoms with Gasteiger partial charge < -0.3 is 15.0 Å². The molecule has 24 heavy (non-hydrogen) atoms. The fourth-order valence-electron chi connectivity index (χ4n) is 2.08. The summed E-state index contributed by atoms with van der Waals surface area (Å²) < 4.78 is 4.46. The zero-order chi connectivity index (χ0) is 17.5. The van der Waals surface area contributed by atoms with Gasteiger partial charge in [-0.3, -0.25) is 14.4 Å². The van der Waals surface area contributed by atoms with Gasteiger partial charge in [0.05, 0.1) is 7.11 Å². The Morgan fingerprint density at radius 1 is 1.00 bits per heavy atom. The van der Waals surface area contributed by atoms with Crippen molar-refractivity contribution in [3.05, 3.63) is 65.7 Å². The maximum Gasteiger partial charge on any atom is 0.325 e. The van der Waals surface area contributed by atoms with E-state index in [9.17, 15) is 14.4 Å². The van der Waals surface area contributed by atoms with Crippen molar-refractivity contribution in [2.75, 3.05) is 25.6 Å². The summed E-state index contributed by atoms with van der Waals surface area (Å²) in [6.07, 6.45) is 0. The quantitative estimate of drug-likeness (QED) is 0.851. The Hall–Kier alpha value is -3.15. The summed E-state index contributed by atoms with van der Waals surface area (Å²) in [5, 5.41) is 2.44. The molecule has 0 aliphatic heterocycles. The van der Waals surface area contributed by atoms with Crippen LogP contribution in [0.25, 0.3) is 0 Å². The molecule has 0 aromatic heterocycles. The number of hydrogen-bond donors (Lipinski definition) is 1. The third kappa shape index (κ3) is 4.19. The third-order valence-electron chi connectivity index (χ3n) is 3.44. The number of anilines is 1. The van der Waals surface area contributed by atoms with Gasteiger partial charge in [0.1, 0.15) is 6.54 Å². The molecular formula is C18H18N2O4. The van der Waals surface area contributed by atoms with Crippen LogP contribution in [0.2, 0.25) is 0 Å². The van der Waals surface area contributed by atoms with Gasteiger partial charge in [0.2, 0.25) is 0 Å². The summed E-state index contributed by atoms with van der Waals surface area (Å²) in [4.78, 5) is 37.2. The summed E-state index contributed by atoms with van der Waals surface area (Å²) >= 11 is 0. The minimum Gasteiger partial charge on any atom is -0.468 e. The van der Waals surface area contributed by atoms with Crippen molar-refractivity contribution in [1.82, 2.24) is 5.32 Å². The first-order valence-electron chi connectivity index (χ1n) is 7.31. The molecule has 2 amide bonds. The molecule has 0 radical (unpaired) electrons. The number of para-hydroxylation sites is 1. The second-order valence-corrected chi connectivity index (χ2v) is 5.04. The highest BCUT2D eigenvalue weighted by Gasteiger charge is 2.15. The van der Waals surface area contributed by atoms with Gasteiger partial charge >= 0.3 is 5.97 Å². The van der Waals surface area contributed by atoms with Crippen LogP contribution >= 0.6 is 0 Å². The SMILES string of the molecule is COC(=O)CNC(=O)c1cccc(C(=O)N(C)c2ccccc2)c1. The number of nitrogens with one attached hydrogen (secondary N) is 1. The van der Waals surface area contributed by atoms with Gasteiger partial charge in [-0.1, -0.05) is 24.3 Å². The molecule has 0 atom stereocenters. The van der Waals surface area contributed by atoms with Crippen molar-refractivity contribution in [3.63, 3.8) is 0 Å². The maximum absolute atomic E-state index is 12.6. The van der Waals surface area contributed by atoms with Crippen LogP contribution in [0.3, 0.4) is 0 Å². The number of methoxy groups -OCH3 is 1. The lowest BCUT2D eigenvalue weighted by atomic mass is 10.1. The first-order valence-corrected chi connectivity index (χ1v) is 7.31. The smallest absolute Gasteiger partial charge is 0.325 e. The van der Waals surface area contributed by atoms with Crippen LogP contribution in [-0.2, 0) is 9.53 Å². The standard InChI is InChI=1S/C18H18N2O4/c1-20(15-9-4-3-5-10-15)18(23)14-8-6-7-13(11-14)17(22)19-12-16(21)24-2/h3-11H,12H2,1-2H3,(H,19,22). The van der Waals surface area contributed by atoms with Crippen LogP contribution in [0.15, 0.2) is 54.6 Å². The zero-order valence-corrected chi connectivity index (χ0v) is 13.5. The largest absolute Gasteiger partial charge is 0.468 e. The van der Waals surface area contributed by atoms with E-state index in [0.29, 0.717) is 11.1 Å². The lowest BCUT2D eigenvalue weighted by molar-refractivity contribution is -0.139. The number of carbonyl (C=O) groups is 3. The molecule has 0 heterocycles. The number of rotatable bonds is 5. The highest BCUT2D eigenvalue weighted by molar-refractivity contribution is 6.07. The minimum atomic E-state index is -0.542. The normalized spacial score (nSPS) is 9.92. The van der Waals surface area contributed by atoms with E-state index < -0.39 is 11.9 Å². The molecule has 1 N–H and O–H groups in total. The number of ether oxygens (including phenoxy) is 1. The molecule has 0 fully saturated rings. The first kappa shape index (κ1) is 17.2. The molecule has 124 valence electrons. The molecular weight excluding hydrogens is 308 g/mol. The first-order chi connectivity index (χ1) is 11.5. The molecule has 0 unspecified atom stereocenters. The molecule has 2 aromatic rings. The molecule has 0 spiro atoms. The summed E-state index contributed by atoms with van der Waals surface area (Å²) in [6.45, 7) is -0.225. The van der Waals surface area contributed by atoms with Crippen LogP contribution < -0.4 is 10.2 Å². The number of hydrogen-bond acceptors (Lipinski definition) is 4. The van der Waals surface area contributed by atoms with Crippen LogP contribution in [0.4, 0.5) is 5.69 Å². The Kier molecular flexibility index (Phi) is 5.68. The Labute approximate surface area is 140 Å². The van der Waals surface area contributed by atoms with Gasteiger partial charge in [-0.25, -0.2) is 0 Å². The molecule has 2 rings (SSSR count). The van der Waals surface area contributed by atoms with Crippen LogP contribution in [0.5, 0.6) is 0 Å². The molecule has 0 saturated heterocycles. The lowest BCUT2D eigenvalue weighted by Gasteiger charge is -2.17. The highest BCUT2D eigenvalue weighted by Crippen LogP contribution is 2.15. The number of benzene rings is 2. The Balaban J connectivity index is 2.13. The van der Waals surface area contributed by atoms with Crippen LogP contribution in [-0.4, -0.2) is 38.5 Å². The van der Waals surface area contributed by atoms with E-state index in [2.05, 4.69) is 10.1 Å². The lowest BCUT2D eigenvalue weighted by Crippen LogP contribution is -2.30. The third-order valence-corrected chi connectivity index (χ3v) is 3.44. The molecule has 0 aliphatic rings. The van der Waals surface area contributed by atoms with Crippen molar-refractivity contribution in [2.45, 2.75) is 0 Å². The molecule has 6 heteroatoms. The average molecular weight is 326 g/mol. The second kappa shape index (κ2) is 7.92. The van der Waals surface area contributed by atoms with Crippen molar-refractivity contribution in [1.29, 1.82) is 0 Å². The van der Waals surface area contributed by atoms with Gasteiger partial charge in [0.25, 0.3) is 11.8 Å². The van der Waals surface area contributed by atoms with E-state index in [1.807, 2.05) is 30.3 Å². The second-order valence-electron chi connectivity index (χ2n) is 5.04. The van der Waals surface area contributed by atoms with Crippen molar-refractivity contribution in [2.24, 2.45) is 0 Å². The predicted molar refractivity (Wildman–Crippen MR) is 90.0 cm³/mol. The summed E-state index contributed by atoms with van der Waals surface area (Å²) in [5.74, 6) is -1.22. The Morgan fingerprint density at radius 3 is 2.33 bits per heavy atom. The monoisotopic (exact) mass is 326 g/mol. The van der Waals surface area contributed by atoms with E-state index in [1.54, 1.807) is 25.2 Å². The van der Waals surface area contributed by atoms with E-state index in [0.717, 1.165) is 5.69 Å². The highest BCUT2D eigenvalue weighted by atomic mass is 16.5. The van der Waals surface area contributed by atoms with E-state index in [1.165, 1.54) is 18.1 Å². The Morgan fingerprint density at radius 2 is 1.67 bits per heavy atom. The van der Waals surface area contributed by atoms with Crippen LogP contribution in [0, 0.1) is 0 Å². The summed E-state index contributed by atoms with van der Waals surface area (Å²) in [7, 11) is 2.91. The molecule has 6 nitrogen and oxygen atoms in total. The van der Waals surface area contributed by atoms with Crippen molar-refractivity contribution in [3.8, 4) is 0 Å². The molecule has 0 saturated carbocycles. The number of nitrogens with zero attached hydrogens (tertiary/aromatic N) is 1.